The van der Waals surface area contributed by atoms with E-state index in [2.05, 4.69) is 42.1 Å². The Labute approximate surface area is 225 Å². The van der Waals surface area contributed by atoms with Gasteiger partial charge in [0.1, 0.15) is 29.5 Å². The lowest BCUT2D eigenvalue weighted by atomic mass is 9.95. The molecule has 2 fully saturated rings. The van der Waals surface area contributed by atoms with Crippen molar-refractivity contribution in [1.29, 1.82) is 0 Å². The van der Waals surface area contributed by atoms with Gasteiger partial charge in [0.2, 0.25) is 0 Å². The number of nitrogens with zero attached hydrogens (tertiary/aromatic N) is 6. The third-order valence-electron chi connectivity index (χ3n) is 8.70. The summed E-state index contributed by atoms with van der Waals surface area (Å²) in [5, 5.41) is 7.94. The van der Waals surface area contributed by atoms with Gasteiger partial charge in [-0.1, -0.05) is 12.2 Å². The van der Waals surface area contributed by atoms with Gasteiger partial charge in [0.05, 0.1) is 22.6 Å². The van der Waals surface area contributed by atoms with E-state index < -0.39 is 11.6 Å². The van der Waals surface area contributed by atoms with E-state index in [1.807, 2.05) is 0 Å². The van der Waals surface area contributed by atoms with Crippen LogP contribution in [0.2, 0.25) is 0 Å². The fourth-order valence-electron chi connectivity index (χ4n) is 6.65. The van der Waals surface area contributed by atoms with Crippen molar-refractivity contribution in [3.8, 4) is 17.3 Å². The summed E-state index contributed by atoms with van der Waals surface area (Å²) in [5.41, 5.74) is 1.33. The molecule has 0 spiro atoms. The van der Waals surface area contributed by atoms with Crippen LogP contribution < -0.4 is 9.64 Å². The number of anilines is 1. The van der Waals surface area contributed by atoms with Gasteiger partial charge in [0, 0.05) is 30.2 Å². The number of aromatic nitrogens is 5. The molecule has 0 radical (unpaired) electrons. The Morgan fingerprint density at radius 1 is 1.00 bits per heavy atom. The average molecular weight is 532 g/mol. The Bertz CT molecular complexity index is 1580. The quantitative estimate of drug-likeness (QED) is 0.349. The van der Waals surface area contributed by atoms with E-state index in [0.717, 1.165) is 64.7 Å². The van der Waals surface area contributed by atoms with Crippen molar-refractivity contribution in [3.05, 3.63) is 47.8 Å². The van der Waals surface area contributed by atoms with Crippen LogP contribution in [0.4, 0.5) is 14.6 Å². The number of rotatable bonds is 5. The average Bonchev–Trinajstić information content (AvgIpc) is 3.60. The predicted molar refractivity (Wildman–Crippen MR) is 146 cm³/mol. The zero-order chi connectivity index (χ0) is 26.6. The number of nitrogens with one attached hydrogen (secondary N) is 1. The summed E-state index contributed by atoms with van der Waals surface area (Å²) in [6.45, 7) is 5.79. The summed E-state index contributed by atoms with van der Waals surface area (Å²) >= 11 is 0. The van der Waals surface area contributed by atoms with Crippen molar-refractivity contribution in [2.24, 2.45) is 0 Å². The van der Waals surface area contributed by atoms with E-state index in [1.165, 1.54) is 6.07 Å². The number of H-pyrrole nitrogens is 1. The molecule has 8 nitrogen and oxygen atoms in total. The van der Waals surface area contributed by atoms with Crippen molar-refractivity contribution in [1.82, 2.24) is 30.0 Å². The summed E-state index contributed by atoms with van der Waals surface area (Å²) < 4.78 is 37.6. The fourth-order valence-corrected chi connectivity index (χ4v) is 6.65. The standard InChI is InChI=1S/C29H31F2N7O/c1-18-21(30)14-22-19(16-33-36-22)23(18)26-24(31)25-20(15-32-26)27(37-10-4-2-3-5-11-37)35-28(34-25)39-17-29-8-6-12-38(29)13-7-9-29/h2-3,14-16H,4-13,17H2,1H3,(H,33,36). The molecule has 1 aromatic carbocycles. The number of fused-ring (bicyclic) bond motifs is 3. The minimum Gasteiger partial charge on any atom is -0.461 e. The molecule has 0 aliphatic carbocycles. The lowest BCUT2D eigenvalue weighted by Crippen LogP contribution is -2.43. The molecule has 0 unspecified atom stereocenters. The number of aromatic amines is 1. The zero-order valence-corrected chi connectivity index (χ0v) is 22.0. The molecule has 3 aromatic heterocycles. The van der Waals surface area contributed by atoms with Gasteiger partial charge < -0.3 is 9.64 Å². The molecule has 7 rings (SSSR count). The zero-order valence-electron chi connectivity index (χ0n) is 22.0. The smallest absolute Gasteiger partial charge is 0.319 e. The SMILES string of the molecule is Cc1c(F)cc2[nH]ncc2c1-c1ncc2c(N3CCC=CCC3)nc(OCC34CCCN3CCC4)nc2c1F. The second-order valence-electron chi connectivity index (χ2n) is 10.9. The van der Waals surface area contributed by atoms with E-state index in [0.29, 0.717) is 39.8 Å². The number of benzene rings is 1. The highest BCUT2D eigenvalue weighted by Crippen LogP contribution is 2.40. The Hall–Kier alpha value is -3.66. The highest BCUT2D eigenvalue weighted by Gasteiger charge is 2.45. The minimum absolute atomic E-state index is 0.0124. The first-order chi connectivity index (χ1) is 19.0. The molecule has 10 heteroatoms. The predicted octanol–water partition coefficient (Wildman–Crippen LogP) is 5.32. The molecular formula is C29H31F2N7O. The third-order valence-corrected chi connectivity index (χ3v) is 8.70. The minimum atomic E-state index is -0.619. The number of pyridine rings is 1. The maximum atomic E-state index is 16.5. The van der Waals surface area contributed by atoms with Gasteiger partial charge in [0.15, 0.2) is 5.82 Å². The van der Waals surface area contributed by atoms with E-state index in [4.69, 9.17) is 9.72 Å². The molecule has 4 aromatic rings. The topological polar surface area (TPSA) is 83.1 Å². The second kappa shape index (κ2) is 9.51. The molecular weight excluding hydrogens is 500 g/mol. The lowest BCUT2D eigenvalue weighted by Gasteiger charge is -2.31. The molecule has 202 valence electrons. The van der Waals surface area contributed by atoms with Crippen LogP contribution in [0.3, 0.4) is 0 Å². The van der Waals surface area contributed by atoms with Gasteiger partial charge in [-0.15, -0.1) is 0 Å². The summed E-state index contributed by atoms with van der Waals surface area (Å²) in [7, 11) is 0. The molecule has 0 amide bonds. The van der Waals surface area contributed by atoms with E-state index >= 15 is 4.39 Å². The molecule has 2 saturated heterocycles. The first-order valence-corrected chi connectivity index (χ1v) is 13.8. The maximum absolute atomic E-state index is 16.5. The van der Waals surface area contributed by atoms with Crippen molar-refractivity contribution in [3.63, 3.8) is 0 Å². The van der Waals surface area contributed by atoms with E-state index in [1.54, 1.807) is 19.3 Å². The van der Waals surface area contributed by atoms with Crippen molar-refractivity contribution >= 4 is 27.6 Å². The number of ether oxygens (including phenoxy) is 1. The number of hydrogen-bond acceptors (Lipinski definition) is 7. The Morgan fingerprint density at radius 2 is 1.77 bits per heavy atom. The van der Waals surface area contributed by atoms with Gasteiger partial charge >= 0.3 is 6.01 Å². The van der Waals surface area contributed by atoms with Gasteiger partial charge in [-0.05, 0) is 70.2 Å². The molecule has 39 heavy (non-hydrogen) atoms. The van der Waals surface area contributed by atoms with Crippen molar-refractivity contribution < 1.29 is 13.5 Å². The van der Waals surface area contributed by atoms with Crippen LogP contribution >= 0.6 is 0 Å². The summed E-state index contributed by atoms with van der Waals surface area (Å²) in [6, 6.07) is 1.54. The molecule has 1 N–H and O–H groups in total. The van der Waals surface area contributed by atoms with Gasteiger partial charge in [-0.25, -0.2) is 8.78 Å². The summed E-state index contributed by atoms with van der Waals surface area (Å²) in [5.74, 6) is -0.454. The van der Waals surface area contributed by atoms with Gasteiger partial charge in [0.25, 0.3) is 0 Å². The summed E-state index contributed by atoms with van der Waals surface area (Å²) in [6.07, 6.45) is 13.7. The van der Waals surface area contributed by atoms with Crippen LogP contribution in [0.25, 0.3) is 33.1 Å². The largest absolute Gasteiger partial charge is 0.461 e. The maximum Gasteiger partial charge on any atom is 0.319 e. The lowest BCUT2D eigenvalue weighted by molar-refractivity contribution is 0.108. The van der Waals surface area contributed by atoms with Crippen LogP contribution in [0.1, 0.15) is 44.1 Å². The van der Waals surface area contributed by atoms with Crippen LogP contribution in [0.15, 0.2) is 30.6 Å². The highest BCUT2D eigenvalue weighted by molar-refractivity contribution is 5.98. The third kappa shape index (κ3) is 4.04. The van der Waals surface area contributed by atoms with Crippen LogP contribution in [0, 0.1) is 18.6 Å². The van der Waals surface area contributed by atoms with Crippen molar-refractivity contribution in [2.45, 2.75) is 51.0 Å². The van der Waals surface area contributed by atoms with E-state index in [9.17, 15) is 4.39 Å². The molecule has 3 aliphatic rings. The van der Waals surface area contributed by atoms with Crippen LogP contribution in [-0.4, -0.2) is 68.4 Å². The first-order valence-electron chi connectivity index (χ1n) is 13.8. The Kier molecular flexibility index (Phi) is 5.95. The van der Waals surface area contributed by atoms with Gasteiger partial charge in [-0.2, -0.15) is 15.1 Å². The monoisotopic (exact) mass is 531 g/mol. The van der Waals surface area contributed by atoms with Crippen molar-refractivity contribution in [2.75, 3.05) is 37.7 Å². The molecule has 6 heterocycles. The van der Waals surface area contributed by atoms with Crippen LogP contribution in [-0.2, 0) is 0 Å². The first kappa shape index (κ1) is 24.4. The normalized spacial score (nSPS) is 19.2. The fraction of sp³-hybridized carbons (Fsp3) is 0.448. The molecule has 0 saturated carbocycles. The molecule has 0 bridgehead atoms. The van der Waals surface area contributed by atoms with Gasteiger partial charge in [-0.3, -0.25) is 15.0 Å². The van der Waals surface area contributed by atoms with Crippen LogP contribution in [0.5, 0.6) is 6.01 Å². The molecule has 3 aliphatic heterocycles. The van der Waals surface area contributed by atoms with E-state index in [-0.39, 0.29) is 22.8 Å². The number of halogens is 2. The number of hydrogen-bond donors (Lipinski definition) is 1. The Balaban J connectivity index is 1.36. The second-order valence-corrected chi connectivity index (χ2v) is 10.9. The Morgan fingerprint density at radius 3 is 2.54 bits per heavy atom. The summed E-state index contributed by atoms with van der Waals surface area (Å²) in [4.78, 5) is 18.6. The molecule has 0 atom stereocenters. The highest BCUT2D eigenvalue weighted by atomic mass is 19.1.